The first-order chi connectivity index (χ1) is 17.2. The third-order valence-electron chi connectivity index (χ3n) is 9.98. The van der Waals surface area contributed by atoms with Gasteiger partial charge >= 0.3 is 0 Å². The van der Waals surface area contributed by atoms with Crippen LogP contribution in [0.25, 0.3) is 0 Å². The number of carbonyl (C=O) groups is 3. The van der Waals surface area contributed by atoms with Gasteiger partial charge in [-0.1, -0.05) is 41.5 Å². The number of Topliss-reactive ketones (excluding diaryl/α,β-unsaturated/α-hetero) is 1. The smallest absolute Gasteiger partial charge is 0.202 e. The lowest BCUT2D eigenvalue weighted by molar-refractivity contribution is -0.145. The highest BCUT2D eigenvalue weighted by molar-refractivity contribution is 5.99. The summed E-state index contributed by atoms with van der Waals surface area (Å²) in [5.74, 6) is 2.72. The van der Waals surface area contributed by atoms with E-state index in [4.69, 9.17) is 9.47 Å². The Morgan fingerprint density at radius 2 is 1.54 bits per heavy atom. The Labute approximate surface area is 223 Å². The fraction of sp³-hybridized carbons (Fsp3) is 0.839. The molecular formula is C31H50O6. The zero-order valence-corrected chi connectivity index (χ0v) is 24.5. The summed E-state index contributed by atoms with van der Waals surface area (Å²) in [6.45, 7) is 18.1. The largest absolute Gasteiger partial charge is 0.483 e. The van der Waals surface area contributed by atoms with Crippen LogP contribution in [0.3, 0.4) is 0 Å². The lowest BCUT2D eigenvalue weighted by Gasteiger charge is -2.37. The second kappa shape index (κ2) is 11.3. The molecule has 6 heteroatoms. The van der Waals surface area contributed by atoms with Gasteiger partial charge in [-0.25, -0.2) is 0 Å². The van der Waals surface area contributed by atoms with Gasteiger partial charge in [0.05, 0.1) is 12.2 Å². The summed E-state index contributed by atoms with van der Waals surface area (Å²) in [5, 5.41) is 10.1. The normalized spacial score (nSPS) is 42.6. The van der Waals surface area contributed by atoms with E-state index in [0.29, 0.717) is 24.2 Å². The van der Waals surface area contributed by atoms with Crippen molar-refractivity contribution in [3.63, 3.8) is 0 Å². The molecule has 4 rings (SSSR count). The number of hydrogen-bond donors (Lipinski definition) is 1. The number of rotatable bonds is 6. The summed E-state index contributed by atoms with van der Waals surface area (Å²) in [6, 6.07) is 0. The maximum absolute atomic E-state index is 12.5. The number of aliphatic hydroxyl groups is 1. The number of aldehydes is 1. The van der Waals surface area contributed by atoms with Crippen LogP contribution in [0.2, 0.25) is 0 Å². The standard InChI is InChI=1S/C16H28O3.C15H22O3/c1-9(2)13-8-14(18)16(5,19-13)12-7-6-10(3)15(12)11(4)17;1-9(2)13-7-14(17)15(4,18-13)12-6-5-10(3)11(12)8-16/h9-13,15,17H,6-8H2,1-5H3;7-12H,5-6H2,1-4H3. The summed E-state index contributed by atoms with van der Waals surface area (Å²) in [7, 11) is 0. The summed E-state index contributed by atoms with van der Waals surface area (Å²) in [4.78, 5) is 36.0. The summed E-state index contributed by atoms with van der Waals surface area (Å²) < 4.78 is 12.1. The first kappa shape index (κ1) is 30.0. The van der Waals surface area contributed by atoms with E-state index in [1.807, 2.05) is 34.6 Å². The highest BCUT2D eigenvalue weighted by atomic mass is 16.5. The minimum atomic E-state index is -0.823. The van der Waals surface area contributed by atoms with Gasteiger partial charge < -0.3 is 19.4 Å². The lowest BCUT2D eigenvalue weighted by Crippen LogP contribution is -2.46. The van der Waals surface area contributed by atoms with Crippen molar-refractivity contribution in [1.29, 1.82) is 0 Å². The summed E-state index contributed by atoms with van der Waals surface area (Å²) in [5.41, 5.74) is -1.50. The Bertz CT molecular complexity index is 890. The minimum Gasteiger partial charge on any atom is -0.483 e. The first-order valence-corrected chi connectivity index (χ1v) is 14.5. The maximum atomic E-state index is 12.5. The Kier molecular flexibility index (Phi) is 9.16. The molecule has 210 valence electrons. The molecule has 0 spiro atoms. The van der Waals surface area contributed by atoms with E-state index in [2.05, 4.69) is 27.7 Å². The molecule has 2 saturated carbocycles. The molecule has 3 fully saturated rings. The molecule has 10 unspecified atom stereocenters. The molecule has 37 heavy (non-hydrogen) atoms. The highest BCUT2D eigenvalue weighted by Gasteiger charge is 2.56. The Morgan fingerprint density at radius 3 is 2.03 bits per heavy atom. The molecule has 0 radical (unpaired) electrons. The van der Waals surface area contributed by atoms with Crippen molar-refractivity contribution in [2.75, 3.05) is 0 Å². The number of hydrogen-bond acceptors (Lipinski definition) is 6. The molecule has 0 bridgehead atoms. The topological polar surface area (TPSA) is 89.9 Å². The van der Waals surface area contributed by atoms with Gasteiger partial charge in [0, 0.05) is 36.2 Å². The average molecular weight is 519 g/mol. The molecule has 0 aromatic heterocycles. The van der Waals surface area contributed by atoms with Crippen LogP contribution in [-0.4, -0.2) is 46.4 Å². The van der Waals surface area contributed by atoms with Crippen LogP contribution in [0, 0.1) is 47.3 Å². The van der Waals surface area contributed by atoms with Crippen molar-refractivity contribution in [2.45, 2.75) is 118 Å². The highest BCUT2D eigenvalue weighted by Crippen LogP contribution is 2.50. The van der Waals surface area contributed by atoms with Crippen molar-refractivity contribution in [1.82, 2.24) is 0 Å². The van der Waals surface area contributed by atoms with Crippen LogP contribution < -0.4 is 0 Å². The molecule has 2 heterocycles. The van der Waals surface area contributed by atoms with Crippen LogP contribution in [0.5, 0.6) is 0 Å². The summed E-state index contributed by atoms with van der Waals surface area (Å²) >= 11 is 0. The van der Waals surface area contributed by atoms with Crippen molar-refractivity contribution < 1.29 is 29.0 Å². The van der Waals surface area contributed by atoms with Crippen LogP contribution in [-0.2, 0) is 23.9 Å². The van der Waals surface area contributed by atoms with Gasteiger partial charge in [0.1, 0.15) is 17.6 Å². The first-order valence-electron chi connectivity index (χ1n) is 14.5. The quantitative estimate of drug-likeness (QED) is 0.464. The van der Waals surface area contributed by atoms with E-state index in [-0.39, 0.29) is 53.4 Å². The fourth-order valence-corrected chi connectivity index (χ4v) is 7.39. The Hall–Kier alpha value is -1.53. The van der Waals surface area contributed by atoms with Crippen LogP contribution in [0.15, 0.2) is 11.8 Å². The zero-order chi connectivity index (χ0) is 27.9. The van der Waals surface area contributed by atoms with Crippen LogP contribution in [0.1, 0.15) is 94.4 Å². The number of aliphatic hydroxyl groups excluding tert-OH is 1. The van der Waals surface area contributed by atoms with Gasteiger partial charge in [-0.15, -0.1) is 0 Å². The van der Waals surface area contributed by atoms with Crippen molar-refractivity contribution in [3.8, 4) is 0 Å². The van der Waals surface area contributed by atoms with Crippen molar-refractivity contribution in [2.24, 2.45) is 47.3 Å². The van der Waals surface area contributed by atoms with Gasteiger partial charge in [0.2, 0.25) is 5.78 Å². The Balaban J connectivity index is 0.000000206. The molecule has 0 amide bonds. The molecule has 6 nitrogen and oxygen atoms in total. The predicted octanol–water partition coefficient (Wildman–Crippen LogP) is 5.55. The molecule has 4 aliphatic rings. The van der Waals surface area contributed by atoms with Crippen LogP contribution >= 0.6 is 0 Å². The maximum Gasteiger partial charge on any atom is 0.202 e. The zero-order valence-electron chi connectivity index (χ0n) is 24.5. The van der Waals surface area contributed by atoms with Crippen LogP contribution in [0.4, 0.5) is 0 Å². The number of ketones is 2. The molecule has 1 saturated heterocycles. The number of carbonyl (C=O) groups excluding carboxylic acids is 3. The van der Waals surface area contributed by atoms with E-state index < -0.39 is 11.2 Å². The SMILES string of the molecule is CC(C)C1=CC(=O)C(C)(C2CCC(C)C2C=O)O1.CC(C)C1CC(=O)C(C)(C2CCC(C)C2C(C)O)O1. The van der Waals surface area contributed by atoms with E-state index >= 15 is 0 Å². The van der Waals surface area contributed by atoms with Crippen molar-refractivity contribution >= 4 is 17.9 Å². The summed E-state index contributed by atoms with van der Waals surface area (Å²) in [6.07, 6.45) is 6.81. The molecule has 0 aromatic carbocycles. The third kappa shape index (κ3) is 5.61. The van der Waals surface area contributed by atoms with Gasteiger partial charge in [-0.05, 0) is 70.1 Å². The number of ether oxygens (including phenoxy) is 2. The van der Waals surface area contributed by atoms with E-state index in [0.717, 1.165) is 37.7 Å². The van der Waals surface area contributed by atoms with Gasteiger partial charge in [-0.2, -0.15) is 0 Å². The van der Waals surface area contributed by atoms with Crippen molar-refractivity contribution in [3.05, 3.63) is 11.8 Å². The molecule has 1 N–H and O–H groups in total. The van der Waals surface area contributed by atoms with Gasteiger partial charge in [0.15, 0.2) is 11.4 Å². The minimum absolute atomic E-state index is 0.0185. The lowest BCUT2D eigenvalue weighted by atomic mass is 9.75. The third-order valence-corrected chi connectivity index (χ3v) is 9.98. The molecule has 0 aromatic rings. The monoisotopic (exact) mass is 518 g/mol. The second-order valence-corrected chi connectivity index (χ2v) is 13.3. The van der Waals surface area contributed by atoms with Gasteiger partial charge in [0.25, 0.3) is 0 Å². The molecule has 10 atom stereocenters. The predicted molar refractivity (Wildman–Crippen MR) is 144 cm³/mol. The van der Waals surface area contributed by atoms with E-state index in [1.165, 1.54) is 0 Å². The second-order valence-electron chi connectivity index (χ2n) is 13.3. The molecule has 2 aliphatic carbocycles. The Morgan fingerprint density at radius 1 is 0.946 bits per heavy atom. The average Bonchev–Trinajstić information content (AvgIpc) is 3.55. The van der Waals surface area contributed by atoms with E-state index in [1.54, 1.807) is 6.08 Å². The van der Waals surface area contributed by atoms with Gasteiger partial charge in [-0.3, -0.25) is 9.59 Å². The molecular weight excluding hydrogens is 468 g/mol. The molecule has 2 aliphatic heterocycles. The fourth-order valence-electron chi connectivity index (χ4n) is 7.39. The number of allylic oxidation sites excluding steroid dienone is 1. The van der Waals surface area contributed by atoms with E-state index in [9.17, 15) is 19.5 Å².